The van der Waals surface area contributed by atoms with E-state index in [0.717, 1.165) is 6.42 Å². The van der Waals surface area contributed by atoms with E-state index in [2.05, 4.69) is 6.07 Å². The third-order valence-corrected chi connectivity index (χ3v) is 2.67. The lowest BCUT2D eigenvalue weighted by Gasteiger charge is -2.10. The number of nitriles is 1. The monoisotopic (exact) mass is 158 g/mol. The Labute approximate surface area is 66.8 Å². The van der Waals surface area contributed by atoms with Gasteiger partial charge in [0.15, 0.2) is 0 Å². The topological polar surface area (TPSA) is 49.8 Å². The zero-order valence-corrected chi connectivity index (χ0v) is 7.32. The highest BCUT2D eigenvalue weighted by molar-refractivity contribution is 8.00. The van der Waals surface area contributed by atoms with Gasteiger partial charge in [0.2, 0.25) is 0 Å². The summed E-state index contributed by atoms with van der Waals surface area (Å²) in [4.78, 5) is 0. The molecule has 0 aliphatic rings. The highest BCUT2D eigenvalue weighted by Gasteiger charge is 2.08. The molecule has 2 nitrogen and oxygen atoms in total. The smallest absolute Gasteiger partial charge is 0.0917 e. The molecule has 2 unspecified atom stereocenters. The van der Waals surface area contributed by atoms with Crippen LogP contribution in [0.1, 0.15) is 20.3 Å². The first-order chi connectivity index (χ1) is 4.74. The molecule has 0 aromatic rings. The van der Waals surface area contributed by atoms with Gasteiger partial charge in [0.1, 0.15) is 0 Å². The predicted molar refractivity (Wildman–Crippen MR) is 45.8 cm³/mol. The molecule has 2 N–H and O–H groups in total. The Morgan fingerprint density at radius 3 is 2.60 bits per heavy atom. The first-order valence-electron chi connectivity index (χ1n) is 3.49. The molecular weight excluding hydrogens is 144 g/mol. The lowest BCUT2D eigenvalue weighted by atomic mass is 10.4. The van der Waals surface area contributed by atoms with E-state index in [0.29, 0.717) is 11.8 Å². The Morgan fingerprint density at radius 1 is 1.70 bits per heavy atom. The minimum Gasteiger partial charge on any atom is -0.329 e. The van der Waals surface area contributed by atoms with Crippen LogP contribution in [0.5, 0.6) is 0 Å². The van der Waals surface area contributed by atoms with Gasteiger partial charge in [-0.2, -0.15) is 5.26 Å². The van der Waals surface area contributed by atoms with E-state index >= 15 is 0 Å². The van der Waals surface area contributed by atoms with Gasteiger partial charge >= 0.3 is 0 Å². The molecule has 58 valence electrons. The fraction of sp³-hybridized carbons (Fsp3) is 0.857. The van der Waals surface area contributed by atoms with Gasteiger partial charge in [-0.25, -0.2) is 0 Å². The van der Waals surface area contributed by atoms with E-state index in [-0.39, 0.29) is 5.25 Å². The average Bonchev–Trinajstić information content (AvgIpc) is 1.99. The van der Waals surface area contributed by atoms with E-state index in [1.54, 1.807) is 11.8 Å². The molecule has 0 amide bonds. The molecule has 0 aliphatic heterocycles. The molecule has 0 bridgehead atoms. The second kappa shape index (κ2) is 5.57. The van der Waals surface area contributed by atoms with Crippen molar-refractivity contribution in [3.8, 4) is 6.07 Å². The van der Waals surface area contributed by atoms with Gasteiger partial charge in [0.05, 0.1) is 11.3 Å². The Morgan fingerprint density at radius 2 is 2.30 bits per heavy atom. The molecule has 0 aromatic heterocycles. The highest BCUT2D eigenvalue weighted by atomic mass is 32.2. The molecule has 0 saturated carbocycles. The molecule has 0 radical (unpaired) electrons. The Hall–Kier alpha value is -0.200. The summed E-state index contributed by atoms with van der Waals surface area (Å²) in [7, 11) is 0. The van der Waals surface area contributed by atoms with Crippen LogP contribution in [-0.4, -0.2) is 17.0 Å². The summed E-state index contributed by atoms with van der Waals surface area (Å²) >= 11 is 1.66. The van der Waals surface area contributed by atoms with E-state index in [1.807, 2.05) is 13.8 Å². The minimum atomic E-state index is 0.124. The molecule has 0 heterocycles. The maximum Gasteiger partial charge on any atom is 0.0917 e. The molecular formula is C7H14N2S. The normalized spacial score (nSPS) is 15.8. The van der Waals surface area contributed by atoms with Crippen molar-refractivity contribution in [3.05, 3.63) is 0 Å². The van der Waals surface area contributed by atoms with Crippen LogP contribution in [0.3, 0.4) is 0 Å². The van der Waals surface area contributed by atoms with Crippen LogP contribution in [-0.2, 0) is 0 Å². The average molecular weight is 158 g/mol. The molecule has 10 heavy (non-hydrogen) atoms. The lowest BCUT2D eigenvalue weighted by molar-refractivity contribution is 0.923. The summed E-state index contributed by atoms with van der Waals surface area (Å²) in [5.41, 5.74) is 5.40. The summed E-state index contributed by atoms with van der Waals surface area (Å²) in [5, 5.41) is 9.09. The van der Waals surface area contributed by atoms with Gasteiger partial charge in [-0.05, 0) is 6.42 Å². The maximum atomic E-state index is 8.56. The largest absolute Gasteiger partial charge is 0.329 e. The molecule has 0 spiro atoms. The Kier molecular flexibility index (Phi) is 5.46. The van der Waals surface area contributed by atoms with Gasteiger partial charge in [-0.15, -0.1) is 11.8 Å². The van der Waals surface area contributed by atoms with Crippen LogP contribution < -0.4 is 5.73 Å². The summed E-state index contributed by atoms with van der Waals surface area (Å²) in [6, 6.07) is 2.22. The minimum absolute atomic E-state index is 0.124. The quantitative estimate of drug-likeness (QED) is 0.672. The van der Waals surface area contributed by atoms with Crippen molar-refractivity contribution in [2.75, 3.05) is 6.54 Å². The fourth-order valence-electron chi connectivity index (χ4n) is 0.554. The fourth-order valence-corrected chi connectivity index (χ4v) is 1.48. The zero-order valence-electron chi connectivity index (χ0n) is 6.50. The number of hydrogen-bond acceptors (Lipinski definition) is 3. The lowest BCUT2D eigenvalue weighted by Crippen LogP contribution is -2.16. The molecule has 0 fully saturated rings. The van der Waals surface area contributed by atoms with Crippen LogP contribution in [0.15, 0.2) is 0 Å². The van der Waals surface area contributed by atoms with Gasteiger partial charge in [0.25, 0.3) is 0 Å². The van der Waals surface area contributed by atoms with Gasteiger partial charge in [-0.3, -0.25) is 0 Å². The maximum absolute atomic E-state index is 8.56. The van der Waals surface area contributed by atoms with E-state index in [1.165, 1.54) is 0 Å². The predicted octanol–water partition coefficient (Wildman–Crippen LogP) is 1.37. The standard InChI is InChI=1S/C7H14N2S/c1-3-7(5-9)10-6(2)4-8/h6-7H,3-4,8H2,1-2H3. The summed E-state index contributed by atoms with van der Waals surface area (Å²) < 4.78 is 0. The van der Waals surface area contributed by atoms with Gasteiger partial charge in [0, 0.05) is 11.8 Å². The zero-order chi connectivity index (χ0) is 7.98. The van der Waals surface area contributed by atoms with Crippen molar-refractivity contribution < 1.29 is 0 Å². The molecule has 0 aliphatic carbocycles. The van der Waals surface area contributed by atoms with Crippen molar-refractivity contribution >= 4 is 11.8 Å². The van der Waals surface area contributed by atoms with E-state index < -0.39 is 0 Å². The second-order valence-electron chi connectivity index (χ2n) is 2.21. The second-order valence-corrected chi connectivity index (χ2v) is 3.85. The number of nitrogens with zero attached hydrogens (tertiary/aromatic N) is 1. The first-order valence-corrected chi connectivity index (χ1v) is 4.44. The molecule has 0 saturated heterocycles. The van der Waals surface area contributed by atoms with Crippen molar-refractivity contribution in [2.24, 2.45) is 5.73 Å². The van der Waals surface area contributed by atoms with Crippen molar-refractivity contribution in [1.82, 2.24) is 0 Å². The van der Waals surface area contributed by atoms with Crippen molar-refractivity contribution in [1.29, 1.82) is 5.26 Å². The Balaban J connectivity index is 3.54. The summed E-state index contributed by atoms with van der Waals surface area (Å²) in [6.45, 7) is 4.72. The molecule has 0 aromatic carbocycles. The molecule has 3 heteroatoms. The number of nitrogens with two attached hydrogens (primary N) is 1. The third-order valence-electron chi connectivity index (χ3n) is 1.24. The van der Waals surface area contributed by atoms with Crippen molar-refractivity contribution in [2.45, 2.75) is 30.8 Å². The van der Waals surface area contributed by atoms with Crippen LogP contribution >= 0.6 is 11.8 Å². The molecule has 0 rings (SSSR count). The van der Waals surface area contributed by atoms with Crippen LogP contribution in [0, 0.1) is 11.3 Å². The third kappa shape index (κ3) is 3.76. The number of thioether (sulfide) groups is 1. The highest BCUT2D eigenvalue weighted by Crippen LogP contribution is 2.18. The van der Waals surface area contributed by atoms with E-state index in [9.17, 15) is 0 Å². The summed E-state index contributed by atoms with van der Waals surface area (Å²) in [5.74, 6) is 0. The Bertz CT molecular complexity index is 119. The number of rotatable bonds is 4. The van der Waals surface area contributed by atoms with E-state index in [4.69, 9.17) is 11.0 Å². The SMILES string of the molecule is CCC(C#N)SC(C)CN. The van der Waals surface area contributed by atoms with Gasteiger partial charge < -0.3 is 5.73 Å². The first kappa shape index (κ1) is 9.80. The van der Waals surface area contributed by atoms with Crippen LogP contribution in [0.4, 0.5) is 0 Å². The van der Waals surface area contributed by atoms with Crippen LogP contribution in [0.2, 0.25) is 0 Å². The van der Waals surface area contributed by atoms with Crippen LogP contribution in [0.25, 0.3) is 0 Å². The van der Waals surface area contributed by atoms with Crippen molar-refractivity contribution in [3.63, 3.8) is 0 Å². The summed E-state index contributed by atoms with van der Waals surface area (Å²) in [6.07, 6.45) is 0.908. The van der Waals surface area contributed by atoms with Gasteiger partial charge in [-0.1, -0.05) is 13.8 Å². The number of hydrogen-bond donors (Lipinski definition) is 1. The molecule has 2 atom stereocenters.